The molecule has 1 atom stereocenters. The molecule has 3 rings (SSSR count). The van der Waals surface area contributed by atoms with Crippen molar-refractivity contribution in [1.29, 1.82) is 0 Å². The molecule has 1 aliphatic carbocycles. The first-order valence-corrected chi connectivity index (χ1v) is 8.04. The summed E-state index contributed by atoms with van der Waals surface area (Å²) in [5, 5.41) is 4.77. The molecule has 0 aliphatic heterocycles. The summed E-state index contributed by atoms with van der Waals surface area (Å²) < 4.78 is 11.0. The number of methoxy groups -OCH3 is 1. The van der Waals surface area contributed by atoms with Crippen molar-refractivity contribution in [3.05, 3.63) is 36.0 Å². The molecule has 1 aromatic carbocycles. The van der Waals surface area contributed by atoms with Crippen molar-refractivity contribution in [2.75, 3.05) is 20.3 Å². The van der Waals surface area contributed by atoms with Gasteiger partial charge in [-0.25, -0.2) is 0 Å². The van der Waals surface area contributed by atoms with E-state index in [4.69, 9.17) is 9.47 Å². The summed E-state index contributed by atoms with van der Waals surface area (Å²) in [6.07, 6.45) is 5.28. The number of fused-ring (bicyclic) bond motifs is 1. The van der Waals surface area contributed by atoms with Gasteiger partial charge in [0.1, 0.15) is 11.3 Å². The molecule has 1 aliphatic rings. The van der Waals surface area contributed by atoms with E-state index in [1.54, 1.807) is 7.11 Å². The van der Waals surface area contributed by atoms with Crippen LogP contribution in [0.25, 0.3) is 10.9 Å². The van der Waals surface area contributed by atoms with Gasteiger partial charge in [0.05, 0.1) is 6.61 Å². The average Bonchev–Trinajstić information content (AvgIpc) is 3.35. The predicted molar refractivity (Wildman–Crippen MR) is 88.3 cm³/mol. The third kappa shape index (κ3) is 3.76. The van der Waals surface area contributed by atoms with Gasteiger partial charge in [-0.05, 0) is 43.5 Å². The van der Waals surface area contributed by atoms with Gasteiger partial charge in [0.2, 0.25) is 0 Å². The van der Waals surface area contributed by atoms with Crippen molar-refractivity contribution in [2.45, 2.75) is 38.3 Å². The van der Waals surface area contributed by atoms with Gasteiger partial charge in [-0.3, -0.25) is 4.98 Å². The monoisotopic (exact) mass is 300 g/mol. The van der Waals surface area contributed by atoms with Crippen molar-refractivity contribution in [1.82, 2.24) is 10.3 Å². The molecule has 1 heterocycles. The van der Waals surface area contributed by atoms with Crippen molar-refractivity contribution >= 4 is 10.9 Å². The van der Waals surface area contributed by atoms with Crippen LogP contribution in [0.2, 0.25) is 0 Å². The van der Waals surface area contributed by atoms with Gasteiger partial charge >= 0.3 is 0 Å². The van der Waals surface area contributed by atoms with E-state index in [1.807, 2.05) is 12.3 Å². The lowest BCUT2D eigenvalue weighted by Gasteiger charge is -2.17. The van der Waals surface area contributed by atoms with Crippen LogP contribution in [0.3, 0.4) is 0 Å². The first kappa shape index (κ1) is 15.3. The Morgan fingerprint density at radius 1 is 1.32 bits per heavy atom. The third-order valence-electron chi connectivity index (χ3n) is 4.01. The molecule has 1 unspecified atom stereocenters. The lowest BCUT2D eigenvalue weighted by atomic mass is 10.0. The van der Waals surface area contributed by atoms with Gasteiger partial charge in [-0.2, -0.15) is 0 Å². The van der Waals surface area contributed by atoms with Crippen LogP contribution in [-0.4, -0.2) is 31.3 Å². The maximum Gasteiger partial charge on any atom is 0.145 e. The van der Waals surface area contributed by atoms with Gasteiger partial charge in [-0.15, -0.1) is 0 Å². The Morgan fingerprint density at radius 3 is 2.95 bits per heavy atom. The number of benzene rings is 1. The fourth-order valence-corrected chi connectivity index (χ4v) is 2.63. The van der Waals surface area contributed by atoms with Gasteiger partial charge in [0, 0.05) is 43.8 Å². The molecule has 118 valence electrons. The summed E-state index contributed by atoms with van der Waals surface area (Å²) in [4.78, 5) is 4.48. The number of aromatic nitrogens is 1. The van der Waals surface area contributed by atoms with Gasteiger partial charge in [0.25, 0.3) is 0 Å². The Labute approximate surface area is 131 Å². The van der Waals surface area contributed by atoms with E-state index < -0.39 is 0 Å². The molecule has 0 radical (unpaired) electrons. The van der Waals surface area contributed by atoms with Crippen LogP contribution in [-0.2, 0) is 4.74 Å². The molecule has 22 heavy (non-hydrogen) atoms. The molecule has 1 N–H and O–H groups in total. The summed E-state index contributed by atoms with van der Waals surface area (Å²) in [7, 11) is 1.71. The van der Waals surface area contributed by atoms with E-state index >= 15 is 0 Å². The fraction of sp³-hybridized carbons (Fsp3) is 0.500. The molecule has 2 aromatic rings. The predicted octanol–water partition coefficient (Wildman–Crippen LogP) is 3.46. The van der Waals surface area contributed by atoms with Gasteiger partial charge in [-0.1, -0.05) is 6.07 Å². The second-order valence-corrected chi connectivity index (χ2v) is 5.95. The largest absolute Gasteiger partial charge is 0.491 e. The molecular weight excluding hydrogens is 276 g/mol. The number of rotatable bonds is 8. The summed E-state index contributed by atoms with van der Waals surface area (Å²) >= 11 is 0. The quantitative estimate of drug-likeness (QED) is 0.758. The van der Waals surface area contributed by atoms with Crippen LogP contribution in [0.1, 0.15) is 37.8 Å². The molecule has 0 bridgehead atoms. The molecule has 4 heteroatoms. The highest BCUT2D eigenvalue weighted by molar-refractivity contribution is 5.85. The van der Waals surface area contributed by atoms with Gasteiger partial charge in [0.15, 0.2) is 0 Å². The highest BCUT2D eigenvalue weighted by Gasteiger charge is 2.23. The first-order valence-electron chi connectivity index (χ1n) is 8.04. The molecule has 0 saturated heterocycles. The molecule has 1 fully saturated rings. The van der Waals surface area contributed by atoms with Gasteiger partial charge < -0.3 is 14.8 Å². The normalized spacial score (nSPS) is 15.9. The minimum atomic E-state index is 0.332. The fourth-order valence-electron chi connectivity index (χ4n) is 2.63. The molecule has 1 saturated carbocycles. The lowest BCUT2D eigenvalue weighted by Crippen LogP contribution is -2.20. The Hall–Kier alpha value is -1.65. The van der Waals surface area contributed by atoms with Crippen LogP contribution < -0.4 is 10.1 Å². The third-order valence-corrected chi connectivity index (χ3v) is 4.01. The number of nitrogens with one attached hydrogen (secondary N) is 1. The molecule has 4 nitrogen and oxygen atoms in total. The van der Waals surface area contributed by atoms with Crippen LogP contribution >= 0.6 is 0 Å². The topological polar surface area (TPSA) is 43.4 Å². The average molecular weight is 300 g/mol. The van der Waals surface area contributed by atoms with E-state index in [0.717, 1.165) is 23.1 Å². The van der Waals surface area contributed by atoms with E-state index in [0.29, 0.717) is 25.3 Å². The molecule has 1 aromatic heterocycles. The Morgan fingerprint density at radius 2 is 2.18 bits per heavy atom. The first-order chi connectivity index (χ1) is 10.8. The second-order valence-electron chi connectivity index (χ2n) is 5.95. The van der Waals surface area contributed by atoms with Crippen LogP contribution in [0.15, 0.2) is 30.5 Å². The minimum Gasteiger partial charge on any atom is -0.491 e. The summed E-state index contributed by atoms with van der Waals surface area (Å²) in [6, 6.07) is 9.42. The lowest BCUT2D eigenvalue weighted by molar-refractivity contribution is 0.172. The van der Waals surface area contributed by atoms with E-state index in [1.165, 1.54) is 18.4 Å². The van der Waals surface area contributed by atoms with Crippen LogP contribution in [0, 0.1) is 0 Å². The zero-order valence-electron chi connectivity index (χ0n) is 13.3. The highest BCUT2D eigenvalue weighted by atomic mass is 16.5. The zero-order chi connectivity index (χ0) is 15.4. The number of ether oxygens (including phenoxy) is 2. The standard InChI is InChI=1S/C18H24N2O2/c1-13(20-16-6-7-16)15-11-14-5-3-8-19-18(14)17(12-15)22-10-4-9-21-2/h3,5,8,11-13,16,20H,4,6-7,9-10H2,1-2H3. The highest BCUT2D eigenvalue weighted by Crippen LogP contribution is 2.30. The van der Waals surface area contributed by atoms with E-state index in [2.05, 4.69) is 35.4 Å². The van der Waals surface area contributed by atoms with Crippen molar-refractivity contribution in [3.63, 3.8) is 0 Å². The van der Waals surface area contributed by atoms with Crippen molar-refractivity contribution < 1.29 is 9.47 Å². The summed E-state index contributed by atoms with van der Waals surface area (Å²) in [5.41, 5.74) is 2.19. The number of hydrogen-bond acceptors (Lipinski definition) is 4. The van der Waals surface area contributed by atoms with E-state index in [9.17, 15) is 0 Å². The number of nitrogens with zero attached hydrogens (tertiary/aromatic N) is 1. The minimum absolute atomic E-state index is 0.332. The number of pyridine rings is 1. The maximum atomic E-state index is 5.96. The van der Waals surface area contributed by atoms with Crippen LogP contribution in [0.4, 0.5) is 0 Å². The Bertz CT molecular complexity index is 626. The Balaban J connectivity index is 1.82. The number of hydrogen-bond donors (Lipinski definition) is 1. The summed E-state index contributed by atoms with van der Waals surface area (Å²) in [6.45, 7) is 3.57. The van der Waals surface area contributed by atoms with Crippen molar-refractivity contribution in [2.24, 2.45) is 0 Å². The zero-order valence-corrected chi connectivity index (χ0v) is 13.3. The molecule has 0 amide bonds. The molecular formula is C18H24N2O2. The Kier molecular flexibility index (Phi) is 4.90. The SMILES string of the molecule is COCCCOc1cc(C(C)NC2CC2)cc2cccnc12. The second kappa shape index (κ2) is 7.07. The summed E-state index contributed by atoms with van der Waals surface area (Å²) in [5.74, 6) is 0.869. The maximum absolute atomic E-state index is 5.96. The van der Waals surface area contributed by atoms with Crippen molar-refractivity contribution in [3.8, 4) is 5.75 Å². The molecule has 0 spiro atoms. The van der Waals surface area contributed by atoms with E-state index in [-0.39, 0.29) is 0 Å². The smallest absolute Gasteiger partial charge is 0.145 e. The van der Waals surface area contributed by atoms with Crippen LogP contribution in [0.5, 0.6) is 5.75 Å².